The Morgan fingerprint density at radius 1 is 1.17 bits per heavy atom. The Balaban J connectivity index is 2.30. The van der Waals surface area contributed by atoms with E-state index in [-0.39, 0.29) is 5.97 Å². The maximum Gasteiger partial charge on any atom is 0.348 e. The molecule has 0 saturated carbocycles. The van der Waals surface area contributed by atoms with Crippen molar-refractivity contribution >= 4 is 38.6 Å². The molecule has 0 bridgehead atoms. The zero-order valence-electron chi connectivity index (χ0n) is 10.4. The molecule has 0 spiro atoms. The minimum Gasteiger partial charge on any atom is -0.465 e. The Morgan fingerprint density at radius 3 is 2.61 bits per heavy atom. The molecule has 0 aliphatic rings. The molecule has 0 aliphatic heterocycles. The van der Waals surface area contributed by atoms with Crippen molar-refractivity contribution in [1.82, 2.24) is 0 Å². The molecule has 0 unspecified atom stereocenters. The number of carbonyl (C=O) groups is 1. The number of hydrogen-bond donors (Lipinski definition) is 0. The summed E-state index contributed by atoms with van der Waals surface area (Å²) >= 11 is 1.41. The van der Waals surface area contributed by atoms with Gasteiger partial charge in [-0.15, -0.1) is 11.3 Å². The summed E-state index contributed by atoms with van der Waals surface area (Å²) in [5.74, 6) is -0.316. The van der Waals surface area contributed by atoms with E-state index in [2.05, 4.69) is 19.9 Å². The van der Waals surface area contributed by atoms with Crippen LogP contribution in [0.5, 0.6) is 0 Å². The van der Waals surface area contributed by atoms with Crippen LogP contribution in [-0.4, -0.2) is 13.1 Å². The minimum absolute atomic E-state index is 0.316. The first-order valence-electron chi connectivity index (χ1n) is 5.62. The highest BCUT2D eigenvalue weighted by atomic mass is 32.1. The molecule has 0 aliphatic carbocycles. The van der Waals surface area contributed by atoms with E-state index in [0.29, 0.717) is 4.88 Å². The van der Waals surface area contributed by atoms with E-state index >= 15 is 0 Å². The van der Waals surface area contributed by atoms with Gasteiger partial charge in [-0.05, 0) is 37.1 Å². The van der Waals surface area contributed by atoms with Crippen LogP contribution in [0.1, 0.15) is 20.8 Å². The second-order valence-corrected chi connectivity index (χ2v) is 5.38. The van der Waals surface area contributed by atoms with Crippen LogP contribution in [-0.2, 0) is 4.74 Å². The molecule has 92 valence electrons. The van der Waals surface area contributed by atoms with Gasteiger partial charge in [-0.3, -0.25) is 0 Å². The van der Waals surface area contributed by atoms with E-state index in [1.54, 1.807) is 6.07 Å². The Morgan fingerprint density at radius 2 is 1.89 bits per heavy atom. The van der Waals surface area contributed by atoms with E-state index in [4.69, 9.17) is 9.15 Å². The van der Waals surface area contributed by atoms with E-state index in [9.17, 15) is 4.79 Å². The van der Waals surface area contributed by atoms with Gasteiger partial charge in [0.2, 0.25) is 0 Å². The van der Waals surface area contributed by atoms with Crippen LogP contribution in [0.4, 0.5) is 0 Å². The summed E-state index contributed by atoms with van der Waals surface area (Å²) < 4.78 is 11.5. The molecule has 18 heavy (non-hydrogen) atoms. The number of ether oxygens (including phenoxy) is 1. The molecule has 1 aromatic carbocycles. The number of benzene rings is 1. The van der Waals surface area contributed by atoms with Crippen LogP contribution < -0.4 is 0 Å². The third-order valence-electron chi connectivity index (χ3n) is 3.15. The fraction of sp³-hybridized carbons (Fsp3) is 0.214. The average Bonchev–Trinajstić information content (AvgIpc) is 2.87. The second-order valence-electron chi connectivity index (χ2n) is 4.33. The molecule has 0 fully saturated rings. The first-order chi connectivity index (χ1) is 8.60. The van der Waals surface area contributed by atoms with Gasteiger partial charge in [-0.2, -0.15) is 0 Å². The Bertz CT molecular complexity index is 764. The topological polar surface area (TPSA) is 39.4 Å². The van der Waals surface area contributed by atoms with Crippen molar-refractivity contribution in [2.45, 2.75) is 13.8 Å². The number of hydrogen-bond acceptors (Lipinski definition) is 4. The third-order valence-corrected chi connectivity index (χ3v) is 4.27. The molecule has 0 radical (unpaired) electrons. The molecular formula is C14H12O3S. The molecule has 0 N–H and O–H groups in total. The molecule has 0 atom stereocenters. The molecule has 2 aromatic heterocycles. The average molecular weight is 260 g/mol. The first-order valence-corrected chi connectivity index (χ1v) is 6.43. The molecule has 0 saturated heterocycles. The maximum atomic E-state index is 11.5. The van der Waals surface area contributed by atoms with Gasteiger partial charge in [0.1, 0.15) is 16.0 Å². The minimum atomic E-state index is -0.316. The number of furan rings is 1. The van der Waals surface area contributed by atoms with Gasteiger partial charge in [0, 0.05) is 11.5 Å². The van der Waals surface area contributed by atoms with E-state index in [1.165, 1.54) is 29.6 Å². The van der Waals surface area contributed by atoms with Gasteiger partial charge < -0.3 is 9.15 Å². The standard InChI is InChI=1S/C14H12O3S/c1-7-4-9-10(5-8(7)2)17-11-6-12(14(15)16-3)18-13(9)11/h4-6H,1-3H3. The predicted octanol–water partition coefficient (Wildman–Crippen LogP) is 4.05. The monoisotopic (exact) mass is 260 g/mol. The number of esters is 1. The van der Waals surface area contributed by atoms with Crippen molar-refractivity contribution in [3.05, 3.63) is 34.2 Å². The number of fused-ring (bicyclic) bond motifs is 3. The Hall–Kier alpha value is -1.81. The molecule has 3 rings (SSSR count). The highest BCUT2D eigenvalue weighted by molar-refractivity contribution is 7.21. The highest BCUT2D eigenvalue weighted by Crippen LogP contribution is 2.36. The van der Waals surface area contributed by atoms with E-state index in [1.807, 2.05) is 6.07 Å². The van der Waals surface area contributed by atoms with E-state index in [0.717, 1.165) is 21.3 Å². The second kappa shape index (κ2) is 3.85. The SMILES string of the molecule is COC(=O)c1cc2oc3cc(C)c(C)cc3c2s1. The molecule has 3 nitrogen and oxygen atoms in total. The maximum absolute atomic E-state index is 11.5. The fourth-order valence-electron chi connectivity index (χ4n) is 2.01. The smallest absolute Gasteiger partial charge is 0.348 e. The molecule has 3 aromatic rings. The van der Waals surface area contributed by atoms with Crippen molar-refractivity contribution in [1.29, 1.82) is 0 Å². The lowest BCUT2D eigenvalue weighted by atomic mass is 10.1. The lowest BCUT2D eigenvalue weighted by Gasteiger charge is -1.98. The van der Waals surface area contributed by atoms with Gasteiger partial charge in [0.25, 0.3) is 0 Å². The van der Waals surface area contributed by atoms with Gasteiger partial charge in [-0.25, -0.2) is 4.79 Å². The summed E-state index contributed by atoms with van der Waals surface area (Å²) in [5.41, 5.74) is 4.05. The van der Waals surface area contributed by atoms with Crippen LogP contribution in [0.3, 0.4) is 0 Å². The van der Waals surface area contributed by atoms with Crippen LogP contribution in [0.25, 0.3) is 21.3 Å². The van der Waals surface area contributed by atoms with Gasteiger partial charge in [-0.1, -0.05) is 0 Å². The zero-order chi connectivity index (χ0) is 12.9. The van der Waals surface area contributed by atoms with Crippen LogP contribution in [0.15, 0.2) is 22.6 Å². The summed E-state index contributed by atoms with van der Waals surface area (Å²) in [4.78, 5) is 12.1. The predicted molar refractivity (Wildman–Crippen MR) is 72.4 cm³/mol. The Labute approximate surface area is 108 Å². The van der Waals surface area contributed by atoms with Crippen LogP contribution >= 0.6 is 11.3 Å². The number of rotatable bonds is 1. The number of aryl methyl sites for hydroxylation is 2. The first kappa shape index (κ1) is 11.3. The van der Waals surface area contributed by atoms with Crippen molar-refractivity contribution < 1.29 is 13.9 Å². The number of carbonyl (C=O) groups excluding carboxylic acids is 1. The van der Waals surface area contributed by atoms with Crippen LogP contribution in [0.2, 0.25) is 0 Å². The fourth-order valence-corrected chi connectivity index (χ4v) is 3.03. The highest BCUT2D eigenvalue weighted by Gasteiger charge is 2.16. The van der Waals surface area contributed by atoms with Crippen molar-refractivity contribution in [3.8, 4) is 0 Å². The lowest BCUT2D eigenvalue weighted by Crippen LogP contribution is -1.96. The summed E-state index contributed by atoms with van der Waals surface area (Å²) in [6, 6.07) is 5.89. The third kappa shape index (κ3) is 1.53. The normalized spacial score (nSPS) is 11.3. The molecule has 0 amide bonds. The largest absolute Gasteiger partial charge is 0.465 e. The summed E-state index contributed by atoms with van der Waals surface area (Å²) in [5, 5.41) is 1.06. The van der Waals surface area contributed by atoms with E-state index < -0.39 is 0 Å². The molecule has 2 heterocycles. The quantitative estimate of drug-likeness (QED) is 0.620. The van der Waals surface area contributed by atoms with Crippen molar-refractivity contribution in [3.63, 3.8) is 0 Å². The molecule has 4 heteroatoms. The summed E-state index contributed by atoms with van der Waals surface area (Å²) in [6.45, 7) is 4.13. The van der Waals surface area contributed by atoms with Gasteiger partial charge in [0.15, 0.2) is 0 Å². The molecular weight excluding hydrogens is 248 g/mol. The lowest BCUT2D eigenvalue weighted by molar-refractivity contribution is 0.0606. The van der Waals surface area contributed by atoms with Gasteiger partial charge in [0.05, 0.1) is 11.8 Å². The summed E-state index contributed by atoms with van der Waals surface area (Å²) in [7, 11) is 1.38. The number of methoxy groups -OCH3 is 1. The number of thiophene rings is 1. The van der Waals surface area contributed by atoms with Gasteiger partial charge >= 0.3 is 5.97 Å². The Kier molecular flexibility index (Phi) is 2.41. The van der Waals surface area contributed by atoms with Crippen LogP contribution in [0, 0.1) is 13.8 Å². The summed E-state index contributed by atoms with van der Waals surface area (Å²) in [6.07, 6.45) is 0. The zero-order valence-corrected chi connectivity index (χ0v) is 11.2. The van der Waals surface area contributed by atoms with Crippen molar-refractivity contribution in [2.75, 3.05) is 7.11 Å². The van der Waals surface area contributed by atoms with Crippen molar-refractivity contribution in [2.24, 2.45) is 0 Å².